The van der Waals surface area contributed by atoms with Crippen LogP contribution in [0.4, 0.5) is 0 Å². The number of aromatic nitrogens is 3. The molecule has 4 heterocycles. The van der Waals surface area contributed by atoms with Crippen LogP contribution in [0.15, 0.2) is 18.5 Å². The van der Waals surface area contributed by atoms with Gasteiger partial charge in [-0.05, 0) is 18.4 Å². The Morgan fingerprint density at radius 3 is 2.85 bits per heavy atom. The van der Waals surface area contributed by atoms with Crippen molar-refractivity contribution in [1.29, 1.82) is 0 Å². The Hall–Kier alpha value is -1.99. The maximum atomic E-state index is 12.9. The van der Waals surface area contributed by atoms with Crippen molar-refractivity contribution < 1.29 is 4.79 Å². The number of amides is 1. The first-order chi connectivity index (χ1) is 12.6. The van der Waals surface area contributed by atoms with Crippen LogP contribution in [-0.4, -0.2) is 75.8 Å². The first kappa shape index (κ1) is 17.4. The lowest BCUT2D eigenvalue weighted by molar-refractivity contribution is 0.0773. The van der Waals surface area contributed by atoms with E-state index in [1.165, 1.54) is 0 Å². The van der Waals surface area contributed by atoms with Gasteiger partial charge in [0.25, 0.3) is 5.91 Å². The van der Waals surface area contributed by atoms with Gasteiger partial charge in [0.15, 0.2) is 5.65 Å². The average molecular weight is 356 g/mol. The fraction of sp³-hybridized carbons (Fsp3) is 0.632. The summed E-state index contributed by atoms with van der Waals surface area (Å²) in [5.74, 6) is 0.598. The second kappa shape index (κ2) is 7.32. The number of hydrogen-bond acceptors (Lipinski definition) is 5. The Balaban J connectivity index is 1.46. The smallest absolute Gasteiger partial charge is 0.255 e. The lowest BCUT2D eigenvalue weighted by atomic mass is 10.2. The fourth-order valence-corrected chi connectivity index (χ4v) is 4.02. The number of carbonyl (C=O) groups is 1. The topological polar surface area (TPSA) is 66.3 Å². The molecule has 2 aromatic heterocycles. The lowest BCUT2D eigenvalue weighted by Crippen LogP contribution is -2.49. The summed E-state index contributed by atoms with van der Waals surface area (Å²) in [5, 5.41) is 8.75. The van der Waals surface area contributed by atoms with Crippen LogP contribution in [0, 0.1) is 5.92 Å². The number of nitrogens with zero attached hydrogens (tertiary/aromatic N) is 5. The van der Waals surface area contributed by atoms with Crippen LogP contribution in [0.5, 0.6) is 0 Å². The van der Waals surface area contributed by atoms with E-state index in [1.807, 2.05) is 21.8 Å². The highest BCUT2D eigenvalue weighted by Crippen LogP contribution is 2.20. The minimum Gasteiger partial charge on any atom is -0.337 e. The largest absolute Gasteiger partial charge is 0.337 e. The summed E-state index contributed by atoms with van der Waals surface area (Å²) in [6, 6.07) is 2.43. The molecule has 1 amide bonds. The Labute approximate surface area is 154 Å². The number of pyridine rings is 1. The van der Waals surface area contributed by atoms with Crippen molar-refractivity contribution in [2.75, 3.05) is 39.3 Å². The van der Waals surface area contributed by atoms with Crippen LogP contribution >= 0.6 is 0 Å². The van der Waals surface area contributed by atoms with Gasteiger partial charge in [0.05, 0.1) is 11.8 Å². The van der Waals surface area contributed by atoms with E-state index >= 15 is 0 Å². The van der Waals surface area contributed by atoms with Crippen molar-refractivity contribution in [3.8, 4) is 0 Å². The molecule has 26 heavy (non-hydrogen) atoms. The Morgan fingerprint density at radius 1 is 1.27 bits per heavy atom. The summed E-state index contributed by atoms with van der Waals surface area (Å²) in [4.78, 5) is 22.0. The van der Waals surface area contributed by atoms with Gasteiger partial charge in [-0.1, -0.05) is 13.8 Å². The first-order valence-electron chi connectivity index (χ1n) is 9.67. The Kier molecular flexibility index (Phi) is 4.91. The number of nitrogens with one attached hydrogen (secondary N) is 1. The molecular weight excluding hydrogens is 328 g/mol. The molecule has 2 aliphatic heterocycles. The number of rotatable bonds is 4. The normalized spacial score (nSPS) is 21.8. The summed E-state index contributed by atoms with van der Waals surface area (Å²) in [5.41, 5.74) is 1.53. The molecule has 2 fully saturated rings. The fourth-order valence-electron chi connectivity index (χ4n) is 4.02. The van der Waals surface area contributed by atoms with E-state index in [1.54, 1.807) is 6.20 Å². The molecule has 4 rings (SSSR count). The molecule has 0 spiro atoms. The van der Waals surface area contributed by atoms with E-state index in [4.69, 9.17) is 0 Å². The summed E-state index contributed by atoms with van der Waals surface area (Å²) in [7, 11) is 0. The molecule has 2 saturated heterocycles. The molecule has 2 aromatic rings. The third kappa shape index (κ3) is 3.46. The second-order valence-electron chi connectivity index (χ2n) is 7.84. The third-order valence-electron chi connectivity index (χ3n) is 5.38. The quantitative estimate of drug-likeness (QED) is 0.892. The molecule has 7 heteroatoms. The maximum Gasteiger partial charge on any atom is 0.255 e. The van der Waals surface area contributed by atoms with Gasteiger partial charge in [-0.25, -0.2) is 9.67 Å². The van der Waals surface area contributed by atoms with Gasteiger partial charge in [0.2, 0.25) is 0 Å². The summed E-state index contributed by atoms with van der Waals surface area (Å²) < 4.78 is 1.92. The van der Waals surface area contributed by atoms with Gasteiger partial charge in [-0.2, -0.15) is 5.10 Å². The number of fused-ring (bicyclic) bond motifs is 1. The molecule has 0 aromatic carbocycles. The van der Waals surface area contributed by atoms with Crippen LogP contribution < -0.4 is 5.32 Å². The van der Waals surface area contributed by atoms with Crippen molar-refractivity contribution in [1.82, 2.24) is 29.9 Å². The van der Waals surface area contributed by atoms with Gasteiger partial charge in [0.1, 0.15) is 0 Å². The van der Waals surface area contributed by atoms with Gasteiger partial charge in [-0.3, -0.25) is 9.69 Å². The predicted molar refractivity (Wildman–Crippen MR) is 101 cm³/mol. The molecule has 0 aliphatic carbocycles. The molecular formula is C19H28N6O. The standard InChI is InChI=1S/C19H28N6O/c1-14(2)12-25-18-15(11-22-25)9-16(10-21-18)19(26)24-6-3-17(13-24)23-7-4-20-5-8-23/h9-11,14,17,20H,3-8,12-13H2,1-2H3. The van der Waals surface area contributed by atoms with E-state index in [0.717, 1.165) is 63.3 Å². The molecule has 0 radical (unpaired) electrons. The molecule has 7 nitrogen and oxygen atoms in total. The zero-order valence-corrected chi connectivity index (χ0v) is 15.7. The van der Waals surface area contributed by atoms with Crippen LogP contribution in [0.25, 0.3) is 11.0 Å². The minimum atomic E-state index is 0.0913. The van der Waals surface area contributed by atoms with Crippen LogP contribution in [0.2, 0.25) is 0 Å². The molecule has 2 aliphatic rings. The summed E-state index contributed by atoms with van der Waals surface area (Å²) in [6.07, 6.45) is 4.59. The maximum absolute atomic E-state index is 12.9. The van der Waals surface area contributed by atoms with Gasteiger partial charge >= 0.3 is 0 Å². The molecule has 1 N–H and O–H groups in total. The molecule has 1 unspecified atom stereocenters. The predicted octanol–water partition coefficient (Wildman–Crippen LogP) is 1.21. The van der Waals surface area contributed by atoms with Gasteiger partial charge in [0, 0.05) is 63.4 Å². The third-order valence-corrected chi connectivity index (χ3v) is 5.38. The van der Waals surface area contributed by atoms with Gasteiger partial charge in [-0.15, -0.1) is 0 Å². The second-order valence-corrected chi connectivity index (χ2v) is 7.84. The monoisotopic (exact) mass is 356 g/mol. The molecule has 140 valence electrons. The number of likely N-dealkylation sites (tertiary alicyclic amines) is 1. The van der Waals surface area contributed by atoms with E-state index < -0.39 is 0 Å². The minimum absolute atomic E-state index is 0.0913. The Bertz CT molecular complexity index is 779. The van der Waals surface area contributed by atoms with Crippen molar-refractivity contribution >= 4 is 16.9 Å². The van der Waals surface area contributed by atoms with E-state index in [-0.39, 0.29) is 5.91 Å². The van der Waals surface area contributed by atoms with E-state index in [2.05, 4.69) is 34.1 Å². The highest BCUT2D eigenvalue weighted by molar-refractivity contribution is 5.97. The number of piperazine rings is 1. The van der Waals surface area contributed by atoms with Crippen molar-refractivity contribution in [3.05, 3.63) is 24.0 Å². The van der Waals surface area contributed by atoms with Crippen LogP contribution in [0.3, 0.4) is 0 Å². The van der Waals surface area contributed by atoms with Crippen LogP contribution in [0.1, 0.15) is 30.6 Å². The van der Waals surface area contributed by atoms with Crippen molar-refractivity contribution in [2.24, 2.45) is 5.92 Å². The highest BCUT2D eigenvalue weighted by atomic mass is 16.2. The first-order valence-corrected chi connectivity index (χ1v) is 9.67. The number of hydrogen-bond donors (Lipinski definition) is 1. The molecule has 0 bridgehead atoms. The molecule has 1 atom stereocenters. The van der Waals surface area contributed by atoms with E-state index in [9.17, 15) is 4.79 Å². The zero-order chi connectivity index (χ0) is 18.1. The summed E-state index contributed by atoms with van der Waals surface area (Å²) >= 11 is 0. The summed E-state index contributed by atoms with van der Waals surface area (Å²) in [6.45, 7) is 11.1. The van der Waals surface area contributed by atoms with E-state index in [0.29, 0.717) is 17.5 Å². The zero-order valence-electron chi connectivity index (χ0n) is 15.7. The Morgan fingerprint density at radius 2 is 2.08 bits per heavy atom. The SMILES string of the molecule is CC(C)Cn1ncc2cc(C(=O)N3CCC(N4CCNCC4)C3)cnc21. The lowest BCUT2D eigenvalue weighted by Gasteiger charge is -2.32. The number of carbonyl (C=O) groups excluding carboxylic acids is 1. The highest BCUT2D eigenvalue weighted by Gasteiger charge is 2.31. The molecule has 0 saturated carbocycles. The van der Waals surface area contributed by atoms with Crippen molar-refractivity contribution in [3.63, 3.8) is 0 Å². The average Bonchev–Trinajstić information content (AvgIpc) is 3.29. The van der Waals surface area contributed by atoms with Crippen molar-refractivity contribution in [2.45, 2.75) is 32.9 Å². The van der Waals surface area contributed by atoms with Gasteiger partial charge < -0.3 is 10.2 Å². The van der Waals surface area contributed by atoms with Crippen LogP contribution in [-0.2, 0) is 6.54 Å².